The van der Waals surface area contributed by atoms with E-state index in [1.54, 1.807) is 0 Å². The average molecular weight is 334 g/mol. The smallest absolute Gasteiger partial charge is 0.193 e. The van der Waals surface area contributed by atoms with E-state index >= 15 is 0 Å². The molecule has 6 heteroatoms. The number of hydrogen-bond donors (Lipinski definition) is 3. The largest absolute Gasteiger partial charge is 0.370 e. The van der Waals surface area contributed by atoms with E-state index in [1.165, 1.54) is 5.56 Å². The van der Waals surface area contributed by atoms with Gasteiger partial charge in [-0.3, -0.25) is 5.10 Å². The molecule has 0 aliphatic rings. The monoisotopic (exact) mass is 334 g/mol. The van der Waals surface area contributed by atoms with Gasteiger partial charge in [-0.05, 0) is 42.7 Å². The molecule has 2 aromatic carbocycles. The van der Waals surface area contributed by atoms with Gasteiger partial charge in [-0.15, -0.1) is 0 Å². The van der Waals surface area contributed by atoms with Crippen molar-refractivity contribution >= 4 is 11.6 Å². The molecule has 1 aromatic heterocycles. The number of benzene rings is 2. The van der Waals surface area contributed by atoms with E-state index in [9.17, 15) is 0 Å². The number of aromatic nitrogens is 3. The maximum absolute atomic E-state index is 6.01. The second-order valence-corrected chi connectivity index (χ2v) is 5.83. The minimum absolute atomic E-state index is 0.396. The van der Waals surface area contributed by atoms with E-state index < -0.39 is 0 Å². The van der Waals surface area contributed by atoms with Crippen molar-refractivity contribution in [2.45, 2.75) is 26.8 Å². The van der Waals surface area contributed by atoms with Crippen LogP contribution in [-0.4, -0.2) is 21.1 Å². The van der Waals surface area contributed by atoms with Crippen LogP contribution in [0.1, 0.15) is 23.9 Å². The zero-order valence-corrected chi connectivity index (χ0v) is 14.5. The number of anilines is 1. The highest BCUT2D eigenvalue weighted by Crippen LogP contribution is 2.17. The molecule has 0 amide bonds. The van der Waals surface area contributed by atoms with E-state index in [0.717, 1.165) is 29.1 Å². The molecular formula is C19H22N6. The summed E-state index contributed by atoms with van der Waals surface area (Å²) in [6.45, 7) is 4.49. The molecule has 0 saturated carbocycles. The van der Waals surface area contributed by atoms with Crippen molar-refractivity contribution in [3.63, 3.8) is 0 Å². The number of aromatic amines is 1. The molecule has 0 atom stereocenters. The summed E-state index contributed by atoms with van der Waals surface area (Å²) in [4.78, 5) is 8.77. The van der Waals surface area contributed by atoms with Gasteiger partial charge in [-0.2, -0.15) is 5.10 Å². The lowest BCUT2D eigenvalue weighted by atomic mass is 10.1. The molecule has 0 aliphatic carbocycles. The molecule has 0 fully saturated rings. The maximum Gasteiger partial charge on any atom is 0.193 e. The van der Waals surface area contributed by atoms with Gasteiger partial charge in [-0.1, -0.05) is 37.3 Å². The first-order valence-corrected chi connectivity index (χ1v) is 8.28. The second kappa shape index (κ2) is 7.61. The highest BCUT2D eigenvalue weighted by Gasteiger charge is 2.04. The first kappa shape index (κ1) is 16.7. The molecule has 1 heterocycles. The average Bonchev–Trinajstić information content (AvgIpc) is 3.07. The molecule has 0 radical (unpaired) electrons. The Morgan fingerprint density at radius 1 is 1.16 bits per heavy atom. The van der Waals surface area contributed by atoms with Crippen LogP contribution in [0, 0.1) is 6.92 Å². The summed E-state index contributed by atoms with van der Waals surface area (Å²) in [5.74, 6) is 1.87. The molecule has 0 spiro atoms. The minimum atomic E-state index is 0.396. The third-order valence-corrected chi connectivity index (χ3v) is 3.82. The lowest BCUT2D eigenvalue weighted by Crippen LogP contribution is -2.22. The number of rotatable bonds is 5. The van der Waals surface area contributed by atoms with Crippen LogP contribution in [-0.2, 0) is 13.0 Å². The van der Waals surface area contributed by atoms with Gasteiger partial charge in [0, 0.05) is 11.3 Å². The Morgan fingerprint density at radius 2 is 1.96 bits per heavy atom. The van der Waals surface area contributed by atoms with Crippen molar-refractivity contribution in [1.29, 1.82) is 0 Å². The van der Waals surface area contributed by atoms with Crippen LogP contribution in [0.5, 0.6) is 0 Å². The molecule has 3 aromatic rings. The first-order chi connectivity index (χ1) is 12.1. The molecule has 4 N–H and O–H groups in total. The van der Waals surface area contributed by atoms with E-state index in [-0.39, 0.29) is 0 Å². The fourth-order valence-electron chi connectivity index (χ4n) is 2.51. The summed E-state index contributed by atoms with van der Waals surface area (Å²) in [5.41, 5.74) is 10.2. The van der Waals surface area contributed by atoms with Gasteiger partial charge >= 0.3 is 0 Å². The number of aliphatic imine (C=N–C) groups is 1. The predicted molar refractivity (Wildman–Crippen MR) is 101 cm³/mol. The first-order valence-electron chi connectivity index (χ1n) is 8.28. The van der Waals surface area contributed by atoms with Crippen molar-refractivity contribution < 1.29 is 0 Å². The molecule has 25 heavy (non-hydrogen) atoms. The van der Waals surface area contributed by atoms with Crippen LogP contribution < -0.4 is 11.1 Å². The number of aryl methyl sites for hydroxylation is 2. The van der Waals surface area contributed by atoms with E-state index in [1.807, 2.05) is 43.3 Å². The molecule has 0 aliphatic heterocycles. The second-order valence-electron chi connectivity index (χ2n) is 5.83. The summed E-state index contributed by atoms with van der Waals surface area (Å²) < 4.78 is 0. The fraction of sp³-hybridized carbons (Fsp3) is 0.211. The lowest BCUT2D eigenvalue weighted by molar-refractivity contribution is 1.04. The minimum Gasteiger partial charge on any atom is -0.370 e. The lowest BCUT2D eigenvalue weighted by Gasteiger charge is -2.07. The molecule has 0 saturated heterocycles. The normalized spacial score (nSPS) is 11.5. The van der Waals surface area contributed by atoms with Gasteiger partial charge in [0.1, 0.15) is 5.82 Å². The Morgan fingerprint density at radius 3 is 2.72 bits per heavy atom. The van der Waals surface area contributed by atoms with Gasteiger partial charge in [0.05, 0.1) is 6.54 Å². The molecule has 3 rings (SSSR count). The molecule has 0 bridgehead atoms. The van der Waals surface area contributed by atoms with Gasteiger partial charge in [0.15, 0.2) is 11.8 Å². The number of H-pyrrole nitrogens is 1. The molecule has 0 unspecified atom stereocenters. The molecule has 128 valence electrons. The molecule has 6 nitrogen and oxygen atoms in total. The van der Waals surface area contributed by atoms with Crippen LogP contribution in [0.3, 0.4) is 0 Å². The Hall–Kier alpha value is -3.15. The Balaban J connectivity index is 1.68. The van der Waals surface area contributed by atoms with E-state index in [0.29, 0.717) is 18.3 Å². The number of nitrogens with zero attached hydrogens (tertiary/aromatic N) is 3. The van der Waals surface area contributed by atoms with Gasteiger partial charge in [0.2, 0.25) is 0 Å². The third-order valence-electron chi connectivity index (χ3n) is 3.82. The zero-order chi connectivity index (χ0) is 17.6. The summed E-state index contributed by atoms with van der Waals surface area (Å²) in [6.07, 6.45) is 0.986. The van der Waals surface area contributed by atoms with Crippen molar-refractivity contribution in [1.82, 2.24) is 15.2 Å². The van der Waals surface area contributed by atoms with Gasteiger partial charge in [0.25, 0.3) is 0 Å². The van der Waals surface area contributed by atoms with Crippen LogP contribution in [0.2, 0.25) is 0 Å². The fourth-order valence-corrected chi connectivity index (χ4v) is 2.51. The van der Waals surface area contributed by atoms with Crippen molar-refractivity contribution in [2.75, 3.05) is 5.32 Å². The molecular weight excluding hydrogens is 312 g/mol. The standard InChI is InChI=1S/C19H22N6/c1-3-14-6-5-9-17(11-14)23-19(20)21-12-15-7-4-8-16(10-15)18-22-13(2)24-25-18/h4-11H,3,12H2,1-2H3,(H3,20,21,23)(H,22,24,25). The number of nitrogens with two attached hydrogens (primary N) is 1. The van der Waals surface area contributed by atoms with Crippen LogP contribution >= 0.6 is 0 Å². The summed E-state index contributed by atoms with van der Waals surface area (Å²) >= 11 is 0. The number of guanidine groups is 1. The highest BCUT2D eigenvalue weighted by atomic mass is 15.2. The van der Waals surface area contributed by atoms with Crippen molar-refractivity contribution in [3.05, 3.63) is 65.5 Å². The van der Waals surface area contributed by atoms with Crippen LogP contribution in [0.4, 0.5) is 5.69 Å². The predicted octanol–water partition coefficient (Wildman–Crippen LogP) is 3.27. The summed E-state index contributed by atoms with van der Waals surface area (Å²) in [6, 6.07) is 16.1. The number of hydrogen-bond acceptors (Lipinski definition) is 3. The quantitative estimate of drug-likeness (QED) is 0.493. The SMILES string of the molecule is CCc1cccc(NC(N)=NCc2cccc(-c3n[nH]c(C)n3)c2)c1. The van der Waals surface area contributed by atoms with Crippen molar-refractivity contribution in [2.24, 2.45) is 10.7 Å². The summed E-state index contributed by atoms with van der Waals surface area (Å²) in [7, 11) is 0. The van der Waals surface area contributed by atoms with Crippen LogP contribution in [0.25, 0.3) is 11.4 Å². The zero-order valence-electron chi connectivity index (χ0n) is 14.5. The summed E-state index contributed by atoms with van der Waals surface area (Å²) in [5, 5.41) is 10.2. The Bertz CT molecular complexity index is 881. The van der Waals surface area contributed by atoms with E-state index in [2.05, 4.69) is 44.5 Å². The third kappa shape index (κ3) is 4.44. The topological polar surface area (TPSA) is 92.0 Å². The highest BCUT2D eigenvalue weighted by molar-refractivity contribution is 5.92. The maximum atomic E-state index is 6.01. The van der Waals surface area contributed by atoms with E-state index in [4.69, 9.17) is 5.73 Å². The number of nitrogens with one attached hydrogen (secondary N) is 2. The van der Waals surface area contributed by atoms with Gasteiger partial charge in [-0.25, -0.2) is 9.98 Å². The Kier molecular flexibility index (Phi) is 5.09. The Labute approximate surface area is 147 Å². The van der Waals surface area contributed by atoms with Crippen LogP contribution in [0.15, 0.2) is 53.5 Å². The van der Waals surface area contributed by atoms with Gasteiger partial charge < -0.3 is 11.1 Å². The van der Waals surface area contributed by atoms with Crippen molar-refractivity contribution in [3.8, 4) is 11.4 Å².